The fourth-order valence-electron chi connectivity index (χ4n) is 2.04. The van der Waals surface area contributed by atoms with Crippen LogP contribution in [0.3, 0.4) is 0 Å². The van der Waals surface area contributed by atoms with Gasteiger partial charge in [-0.2, -0.15) is 0 Å². The normalized spacial score (nSPS) is 17.4. The predicted octanol–water partition coefficient (Wildman–Crippen LogP) is 3.27. The van der Waals surface area contributed by atoms with E-state index in [9.17, 15) is 9.59 Å². The lowest BCUT2D eigenvalue weighted by Crippen LogP contribution is -2.45. The molecule has 0 bridgehead atoms. The number of nitrogens with zero attached hydrogens (tertiary/aromatic N) is 1. The Morgan fingerprint density at radius 1 is 1.45 bits per heavy atom. The maximum absolute atomic E-state index is 12.1. The number of aromatic carboxylic acids is 1. The summed E-state index contributed by atoms with van der Waals surface area (Å²) in [4.78, 5) is 25.5. The standard InChI is InChI=1S/C14H18ClNO5S/c1-14(2,3)21-13(19)16(4)7-5-8-10(20-6-7)9(15)11(22-8)12(17)18/h7H,5-6H2,1-4H3,(H,17,18). The van der Waals surface area contributed by atoms with Crippen molar-refractivity contribution in [3.63, 3.8) is 0 Å². The molecule has 1 N–H and O–H groups in total. The summed E-state index contributed by atoms with van der Waals surface area (Å²) in [7, 11) is 1.64. The molecule has 1 aliphatic heterocycles. The van der Waals surface area contributed by atoms with Crippen molar-refractivity contribution in [3.05, 3.63) is 14.8 Å². The lowest BCUT2D eigenvalue weighted by Gasteiger charge is -2.32. The summed E-state index contributed by atoms with van der Waals surface area (Å²) in [5, 5.41) is 9.22. The van der Waals surface area contributed by atoms with Gasteiger partial charge in [-0.05, 0) is 20.8 Å². The van der Waals surface area contributed by atoms with Crippen LogP contribution in [0.5, 0.6) is 5.75 Å². The number of carboxylic acids is 1. The van der Waals surface area contributed by atoms with Crippen LogP contribution in [-0.4, -0.2) is 47.4 Å². The molecule has 0 fully saturated rings. The molecular weight excluding hydrogens is 330 g/mol. The molecular formula is C14H18ClNO5S. The lowest BCUT2D eigenvalue weighted by atomic mass is 10.1. The van der Waals surface area contributed by atoms with E-state index in [1.165, 1.54) is 4.90 Å². The van der Waals surface area contributed by atoms with Gasteiger partial charge in [0.05, 0.1) is 10.9 Å². The molecule has 2 rings (SSSR count). The molecule has 1 aromatic rings. The Bertz CT molecular complexity index is 607. The number of fused-ring (bicyclic) bond motifs is 1. The van der Waals surface area contributed by atoms with Gasteiger partial charge in [-0.3, -0.25) is 0 Å². The Hall–Kier alpha value is -1.47. The third-order valence-electron chi connectivity index (χ3n) is 3.14. The molecule has 0 saturated carbocycles. The summed E-state index contributed by atoms with van der Waals surface area (Å²) in [6.07, 6.45) is 0.0496. The first-order valence-corrected chi connectivity index (χ1v) is 7.92. The highest BCUT2D eigenvalue weighted by Crippen LogP contribution is 2.42. The number of hydrogen-bond acceptors (Lipinski definition) is 5. The summed E-state index contributed by atoms with van der Waals surface area (Å²) in [6, 6.07) is -0.223. The summed E-state index contributed by atoms with van der Waals surface area (Å²) in [6.45, 7) is 5.64. The highest BCUT2D eigenvalue weighted by Gasteiger charge is 2.33. The summed E-state index contributed by atoms with van der Waals surface area (Å²) >= 11 is 7.09. The van der Waals surface area contributed by atoms with Gasteiger partial charge >= 0.3 is 12.1 Å². The van der Waals surface area contributed by atoms with E-state index in [0.717, 1.165) is 16.2 Å². The summed E-state index contributed by atoms with van der Waals surface area (Å²) in [5.74, 6) is -0.664. The van der Waals surface area contributed by atoms with Gasteiger partial charge in [-0.1, -0.05) is 11.6 Å². The molecule has 1 amide bonds. The molecule has 122 valence electrons. The molecule has 0 spiro atoms. The van der Waals surface area contributed by atoms with Crippen LogP contribution in [0.25, 0.3) is 0 Å². The molecule has 6 nitrogen and oxygen atoms in total. The predicted molar refractivity (Wildman–Crippen MR) is 83.3 cm³/mol. The minimum atomic E-state index is -1.08. The van der Waals surface area contributed by atoms with E-state index in [1.54, 1.807) is 27.8 Å². The van der Waals surface area contributed by atoms with Gasteiger partial charge < -0.3 is 19.5 Å². The van der Waals surface area contributed by atoms with Crippen LogP contribution in [0, 0.1) is 0 Å². The third-order valence-corrected chi connectivity index (χ3v) is 4.80. The number of thiophene rings is 1. The van der Waals surface area contributed by atoms with Crippen molar-refractivity contribution in [2.75, 3.05) is 13.7 Å². The van der Waals surface area contributed by atoms with E-state index < -0.39 is 17.7 Å². The number of likely N-dealkylation sites (N-methyl/N-ethyl adjacent to an activating group) is 1. The topological polar surface area (TPSA) is 76.1 Å². The smallest absolute Gasteiger partial charge is 0.410 e. The molecule has 2 heterocycles. The van der Waals surface area contributed by atoms with Crippen LogP contribution in [-0.2, 0) is 11.2 Å². The molecule has 1 aliphatic rings. The Morgan fingerprint density at radius 3 is 2.64 bits per heavy atom. The number of carboxylic acid groups (broad SMARTS) is 1. The second-order valence-electron chi connectivity index (χ2n) is 6.06. The Balaban J connectivity index is 2.13. The van der Waals surface area contributed by atoms with Gasteiger partial charge in [-0.15, -0.1) is 11.3 Å². The fraction of sp³-hybridized carbons (Fsp3) is 0.571. The number of rotatable bonds is 2. The minimum absolute atomic E-state index is 0.0623. The van der Waals surface area contributed by atoms with Crippen LogP contribution in [0.15, 0.2) is 0 Å². The van der Waals surface area contributed by atoms with Crippen molar-refractivity contribution in [1.29, 1.82) is 0 Å². The summed E-state index contributed by atoms with van der Waals surface area (Å²) < 4.78 is 10.9. The van der Waals surface area contributed by atoms with Crippen molar-refractivity contribution in [2.24, 2.45) is 0 Å². The molecule has 1 aromatic heterocycles. The van der Waals surface area contributed by atoms with Gasteiger partial charge in [0.1, 0.15) is 22.1 Å². The quantitative estimate of drug-likeness (QED) is 0.888. The van der Waals surface area contributed by atoms with Gasteiger partial charge in [0.25, 0.3) is 0 Å². The molecule has 22 heavy (non-hydrogen) atoms. The average Bonchev–Trinajstić information content (AvgIpc) is 2.73. The van der Waals surface area contributed by atoms with Crippen LogP contribution in [0.1, 0.15) is 35.3 Å². The number of ether oxygens (including phenoxy) is 2. The third kappa shape index (κ3) is 3.47. The van der Waals surface area contributed by atoms with Crippen LogP contribution in [0.4, 0.5) is 4.79 Å². The van der Waals surface area contributed by atoms with E-state index in [-0.39, 0.29) is 22.5 Å². The zero-order chi connectivity index (χ0) is 16.7. The molecule has 0 aromatic carbocycles. The summed E-state index contributed by atoms with van der Waals surface area (Å²) in [5.41, 5.74) is -0.575. The average molecular weight is 348 g/mol. The van der Waals surface area contributed by atoms with Crippen LogP contribution in [0.2, 0.25) is 5.02 Å². The molecule has 0 aliphatic carbocycles. The van der Waals surface area contributed by atoms with E-state index >= 15 is 0 Å². The largest absolute Gasteiger partial charge is 0.489 e. The van der Waals surface area contributed by atoms with E-state index in [0.29, 0.717) is 12.2 Å². The van der Waals surface area contributed by atoms with Crippen molar-refractivity contribution < 1.29 is 24.2 Å². The zero-order valence-electron chi connectivity index (χ0n) is 12.8. The Kier molecular flexibility index (Phi) is 4.58. The first-order chi connectivity index (χ1) is 10.1. The van der Waals surface area contributed by atoms with Crippen molar-refractivity contribution in [2.45, 2.75) is 38.8 Å². The Morgan fingerprint density at radius 2 is 2.09 bits per heavy atom. The number of hydrogen-bond donors (Lipinski definition) is 1. The van der Waals surface area contributed by atoms with E-state index in [2.05, 4.69) is 0 Å². The first kappa shape index (κ1) is 16.9. The molecule has 1 atom stereocenters. The lowest BCUT2D eigenvalue weighted by molar-refractivity contribution is 0.0161. The highest BCUT2D eigenvalue weighted by atomic mass is 35.5. The SMILES string of the molecule is CN(C(=O)OC(C)(C)C)C1COc2c(sc(C(=O)O)c2Cl)C1. The maximum Gasteiger partial charge on any atom is 0.410 e. The molecule has 0 saturated heterocycles. The van der Waals surface area contributed by atoms with Gasteiger partial charge in [-0.25, -0.2) is 9.59 Å². The van der Waals surface area contributed by atoms with Crippen LogP contribution < -0.4 is 4.74 Å². The second-order valence-corrected chi connectivity index (χ2v) is 7.55. The minimum Gasteiger partial charge on any atom is -0.489 e. The van der Waals surface area contributed by atoms with E-state index in [4.69, 9.17) is 26.2 Å². The molecule has 0 radical (unpaired) electrons. The first-order valence-electron chi connectivity index (χ1n) is 6.73. The second kappa shape index (κ2) is 5.96. The number of carbonyl (C=O) groups is 2. The number of halogens is 1. The van der Waals surface area contributed by atoms with Crippen molar-refractivity contribution >= 4 is 35.0 Å². The number of amides is 1. The zero-order valence-corrected chi connectivity index (χ0v) is 14.4. The maximum atomic E-state index is 12.1. The molecule has 1 unspecified atom stereocenters. The van der Waals surface area contributed by atoms with Crippen LogP contribution >= 0.6 is 22.9 Å². The monoisotopic (exact) mass is 347 g/mol. The van der Waals surface area contributed by atoms with Gasteiger partial charge in [0.15, 0.2) is 5.75 Å². The van der Waals surface area contributed by atoms with Gasteiger partial charge in [0, 0.05) is 13.5 Å². The molecule has 8 heteroatoms. The Labute approximate surface area is 137 Å². The fourth-order valence-corrected chi connectivity index (χ4v) is 3.51. The van der Waals surface area contributed by atoms with E-state index in [1.807, 2.05) is 0 Å². The highest BCUT2D eigenvalue weighted by molar-refractivity contribution is 7.15. The number of carbonyl (C=O) groups excluding carboxylic acids is 1. The van der Waals surface area contributed by atoms with Gasteiger partial charge in [0.2, 0.25) is 0 Å². The van der Waals surface area contributed by atoms with Crippen molar-refractivity contribution in [1.82, 2.24) is 4.90 Å². The van der Waals surface area contributed by atoms with Crippen molar-refractivity contribution in [3.8, 4) is 5.75 Å².